The molecule has 0 fully saturated rings. The van der Waals surface area contributed by atoms with Crippen LogP contribution in [0.15, 0.2) is 24.3 Å². The van der Waals surface area contributed by atoms with Crippen LogP contribution in [0.2, 0.25) is 0 Å². The number of esters is 1. The number of benzene rings is 1. The summed E-state index contributed by atoms with van der Waals surface area (Å²) in [5.74, 6) is 0.295. The molecule has 0 saturated carbocycles. The van der Waals surface area contributed by atoms with E-state index in [-0.39, 0.29) is 17.8 Å². The highest BCUT2D eigenvalue weighted by molar-refractivity contribution is 5.94. The minimum Gasteiger partial charge on any atom is -0.465 e. The van der Waals surface area contributed by atoms with Gasteiger partial charge in [-0.2, -0.15) is 5.10 Å². The SMILES string of the molecule is COC(=O)c1ccc([C@H]2CC(=O)Nc3c2c(C)nn3C)cc1. The molecule has 0 radical (unpaired) electrons. The average Bonchev–Trinajstić information content (AvgIpc) is 2.80. The van der Waals surface area contributed by atoms with E-state index >= 15 is 0 Å². The highest BCUT2D eigenvalue weighted by atomic mass is 16.5. The van der Waals surface area contributed by atoms with Gasteiger partial charge in [0.25, 0.3) is 0 Å². The Hall–Kier alpha value is -2.63. The van der Waals surface area contributed by atoms with Gasteiger partial charge in [0.1, 0.15) is 5.82 Å². The molecule has 1 amide bonds. The predicted octanol–water partition coefficient (Wildman–Crippen LogP) is 1.99. The molecule has 0 bridgehead atoms. The van der Waals surface area contributed by atoms with E-state index in [2.05, 4.69) is 10.4 Å². The van der Waals surface area contributed by atoms with Crippen LogP contribution in [-0.2, 0) is 16.6 Å². The van der Waals surface area contributed by atoms with Crippen LogP contribution in [0.3, 0.4) is 0 Å². The molecule has 3 rings (SSSR count). The van der Waals surface area contributed by atoms with Crippen molar-refractivity contribution < 1.29 is 14.3 Å². The van der Waals surface area contributed by atoms with Crippen molar-refractivity contribution in [2.45, 2.75) is 19.3 Å². The molecule has 1 aliphatic heterocycles. The number of carbonyl (C=O) groups excluding carboxylic acids is 2. The summed E-state index contributed by atoms with van der Waals surface area (Å²) >= 11 is 0. The highest BCUT2D eigenvalue weighted by Crippen LogP contribution is 2.38. The lowest BCUT2D eigenvalue weighted by Gasteiger charge is -2.24. The number of carbonyl (C=O) groups is 2. The van der Waals surface area contributed by atoms with E-state index in [4.69, 9.17) is 4.74 Å². The zero-order valence-electron chi connectivity index (χ0n) is 12.7. The molecule has 0 unspecified atom stereocenters. The normalized spacial score (nSPS) is 16.9. The lowest BCUT2D eigenvalue weighted by molar-refractivity contribution is -0.116. The number of aromatic nitrogens is 2. The first kappa shape index (κ1) is 14.3. The number of rotatable bonds is 2. The number of nitrogens with one attached hydrogen (secondary N) is 1. The van der Waals surface area contributed by atoms with E-state index in [1.54, 1.807) is 16.8 Å². The van der Waals surface area contributed by atoms with Gasteiger partial charge in [0.05, 0.1) is 18.4 Å². The quantitative estimate of drug-likeness (QED) is 0.861. The van der Waals surface area contributed by atoms with Gasteiger partial charge < -0.3 is 10.1 Å². The molecule has 0 spiro atoms. The fourth-order valence-corrected chi connectivity index (χ4v) is 2.96. The first-order valence-electron chi connectivity index (χ1n) is 7.03. The molecule has 0 saturated heterocycles. The van der Waals surface area contributed by atoms with Gasteiger partial charge in [-0.25, -0.2) is 4.79 Å². The molecule has 1 aromatic heterocycles. The van der Waals surface area contributed by atoms with Crippen molar-refractivity contribution in [3.05, 3.63) is 46.6 Å². The van der Waals surface area contributed by atoms with Crippen molar-refractivity contribution >= 4 is 17.7 Å². The molecule has 1 aliphatic rings. The Morgan fingerprint density at radius 1 is 1.36 bits per heavy atom. The smallest absolute Gasteiger partial charge is 0.337 e. The Bertz CT molecular complexity index is 747. The second-order valence-corrected chi connectivity index (χ2v) is 5.39. The Morgan fingerprint density at radius 2 is 2.05 bits per heavy atom. The number of methoxy groups -OCH3 is 1. The third-order valence-electron chi connectivity index (χ3n) is 4.00. The number of anilines is 1. The fourth-order valence-electron chi connectivity index (χ4n) is 2.96. The standard InChI is InChI=1S/C16H17N3O3/c1-9-14-12(8-13(20)17-15(14)19(2)18-9)10-4-6-11(7-5-10)16(21)22-3/h4-7,12H,8H2,1-3H3,(H,17,20)/t12-/m1/s1. The van der Waals surface area contributed by atoms with Crippen molar-refractivity contribution in [3.8, 4) is 0 Å². The summed E-state index contributed by atoms with van der Waals surface area (Å²) < 4.78 is 6.39. The van der Waals surface area contributed by atoms with Crippen LogP contribution < -0.4 is 5.32 Å². The minimum absolute atomic E-state index is 0.0301. The molecule has 2 heterocycles. The van der Waals surface area contributed by atoms with Crippen LogP contribution in [0, 0.1) is 6.92 Å². The third kappa shape index (κ3) is 2.26. The zero-order valence-corrected chi connectivity index (χ0v) is 12.7. The fraction of sp³-hybridized carbons (Fsp3) is 0.312. The zero-order chi connectivity index (χ0) is 15.9. The van der Waals surface area contributed by atoms with Gasteiger partial charge in [0, 0.05) is 24.9 Å². The lowest BCUT2D eigenvalue weighted by atomic mass is 9.85. The van der Waals surface area contributed by atoms with Gasteiger partial charge in [0.2, 0.25) is 5.91 Å². The topological polar surface area (TPSA) is 73.2 Å². The number of nitrogens with zero attached hydrogens (tertiary/aromatic N) is 2. The summed E-state index contributed by atoms with van der Waals surface area (Å²) in [4.78, 5) is 23.5. The van der Waals surface area contributed by atoms with Crippen molar-refractivity contribution in [2.24, 2.45) is 7.05 Å². The van der Waals surface area contributed by atoms with Crippen molar-refractivity contribution in [1.29, 1.82) is 0 Å². The van der Waals surface area contributed by atoms with Crippen molar-refractivity contribution in [2.75, 3.05) is 12.4 Å². The molecule has 6 heteroatoms. The van der Waals surface area contributed by atoms with Gasteiger partial charge >= 0.3 is 5.97 Å². The summed E-state index contributed by atoms with van der Waals surface area (Å²) in [6.45, 7) is 1.94. The predicted molar refractivity (Wildman–Crippen MR) is 80.8 cm³/mol. The van der Waals surface area contributed by atoms with E-state index in [0.29, 0.717) is 12.0 Å². The highest BCUT2D eigenvalue weighted by Gasteiger charge is 2.31. The number of ether oxygens (including phenoxy) is 1. The van der Waals surface area contributed by atoms with Gasteiger partial charge in [-0.1, -0.05) is 12.1 Å². The van der Waals surface area contributed by atoms with E-state index in [1.807, 2.05) is 26.1 Å². The van der Waals surface area contributed by atoms with Gasteiger partial charge in [-0.15, -0.1) is 0 Å². The number of amides is 1. The monoisotopic (exact) mass is 299 g/mol. The molecule has 1 N–H and O–H groups in total. The molecule has 1 aromatic carbocycles. The van der Waals surface area contributed by atoms with Crippen LogP contribution in [0.25, 0.3) is 0 Å². The average molecular weight is 299 g/mol. The molecular formula is C16H17N3O3. The van der Waals surface area contributed by atoms with E-state index < -0.39 is 0 Å². The summed E-state index contributed by atoms with van der Waals surface area (Å²) in [5.41, 5.74) is 3.42. The van der Waals surface area contributed by atoms with Crippen molar-refractivity contribution in [1.82, 2.24) is 9.78 Å². The Morgan fingerprint density at radius 3 is 2.68 bits per heavy atom. The first-order chi connectivity index (χ1) is 10.5. The molecule has 0 aliphatic carbocycles. The summed E-state index contributed by atoms with van der Waals surface area (Å²) in [6.07, 6.45) is 0.372. The maximum Gasteiger partial charge on any atom is 0.337 e. The second kappa shape index (κ2) is 5.29. The van der Waals surface area contributed by atoms with Gasteiger partial charge in [-0.3, -0.25) is 9.48 Å². The number of hydrogen-bond donors (Lipinski definition) is 1. The largest absolute Gasteiger partial charge is 0.465 e. The van der Waals surface area contributed by atoms with Crippen LogP contribution in [0.4, 0.5) is 5.82 Å². The molecule has 22 heavy (non-hydrogen) atoms. The number of aryl methyl sites for hydroxylation is 2. The van der Waals surface area contributed by atoms with E-state index in [0.717, 1.165) is 22.6 Å². The summed E-state index contributed by atoms with van der Waals surface area (Å²) in [6, 6.07) is 7.18. The molecule has 6 nitrogen and oxygen atoms in total. The molecular weight excluding hydrogens is 282 g/mol. The third-order valence-corrected chi connectivity index (χ3v) is 4.00. The minimum atomic E-state index is -0.369. The van der Waals surface area contributed by atoms with Crippen LogP contribution in [-0.4, -0.2) is 28.8 Å². The second-order valence-electron chi connectivity index (χ2n) is 5.39. The Labute approximate surface area is 128 Å². The van der Waals surface area contributed by atoms with Crippen LogP contribution in [0.5, 0.6) is 0 Å². The Balaban J connectivity index is 2.02. The number of hydrogen-bond acceptors (Lipinski definition) is 4. The molecule has 1 atom stereocenters. The number of fused-ring (bicyclic) bond motifs is 1. The summed E-state index contributed by atoms with van der Waals surface area (Å²) in [5, 5.41) is 7.26. The lowest BCUT2D eigenvalue weighted by Crippen LogP contribution is -2.24. The van der Waals surface area contributed by atoms with E-state index in [1.165, 1.54) is 7.11 Å². The first-order valence-corrected chi connectivity index (χ1v) is 7.03. The van der Waals surface area contributed by atoms with E-state index in [9.17, 15) is 9.59 Å². The van der Waals surface area contributed by atoms with Crippen LogP contribution in [0.1, 0.15) is 39.5 Å². The van der Waals surface area contributed by atoms with Gasteiger partial charge in [0.15, 0.2) is 0 Å². The van der Waals surface area contributed by atoms with Gasteiger partial charge in [-0.05, 0) is 24.6 Å². The molecule has 114 valence electrons. The Kier molecular flexibility index (Phi) is 3.44. The maximum atomic E-state index is 12.0. The van der Waals surface area contributed by atoms with Crippen LogP contribution >= 0.6 is 0 Å². The van der Waals surface area contributed by atoms with Crippen molar-refractivity contribution in [3.63, 3.8) is 0 Å². The summed E-state index contributed by atoms with van der Waals surface area (Å²) in [7, 11) is 3.17. The maximum absolute atomic E-state index is 12.0. The molecule has 2 aromatic rings.